The third-order valence-corrected chi connectivity index (χ3v) is 3.31. The number of hydrogen-bond acceptors (Lipinski definition) is 3. The second-order valence-electron chi connectivity index (χ2n) is 4.38. The number of aryl methyl sites for hydroxylation is 1. The van der Waals surface area contributed by atoms with Crippen LogP contribution < -0.4 is 5.56 Å². The smallest absolute Gasteiger partial charge is 0.264 e. The van der Waals surface area contributed by atoms with E-state index in [0.717, 1.165) is 28.0 Å². The number of aromatic amines is 1. The molecule has 96 valence electrons. The molecule has 4 nitrogen and oxygen atoms in total. The van der Waals surface area contributed by atoms with Gasteiger partial charge in [-0.25, -0.2) is 5.10 Å². The highest BCUT2D eigenvalue weighted by molar-refractivity contribution is 6.31. The molecule has 0 unspecified atom stereocenters. The van der Waals surface area contributed by atoms with E-state index in [2.05, 4.69) is 10.2 Å². The molecule has 3 aromatic rings. The van der Waals surface area contributed by atoms with Crippen molar-refractivity contribution in [2.24, 2.45) is 0 Å². The van der Waals surface area contributed by atoms with Crippen LogP contribution >= 0.6 is 11.6 Å². The summed E-state index contributed by atoms with van der Waals surface area (Å²) in [6.07, 6.45) is 0.537. The molecule has 19 heavy (non-hydrogen) atoms. The largest absolute Gasteiger partial charge is 0.460 e. The molecular formula is C14H11ClN2O2. The molecule has 0 radical (unpaired) electrons. The maximum Gasteiger partial charge on any atom is 0.264 e. The highest BCUT2D eigenvalue weighted by Crippen LogP contribution is 2.28. The van der Waals surface area contributed by atoms with E-state index in [9.17, 15) is 4.79 Å². The molecule has 0 saturated carbocycles. The van der Waals surface area contributed by atoms with Crippen LogP contribution in [0.1, 0.15) is 17.0 Å². The molecule has 2 heterocycles. The van der Waals surface area contributed by atoms with Gasteiger partial charge in [-0.1, -0.05) is 11.6 Å². The van der Waals surface area contributed by atoms with Crippen LogP contribution in [0, 0.1) is 6.92 Å². The molecule has 1 N–H and O–H groups in total. The molecule has 0 aliphatic carbocycles. The quantitative estimate of drug-likeness (QED) is 0.781. The number of hydrogen-bond donors (Lipinski definition) is 1. The molecule has 0 bridgehead atoms. The average molecular weight is 275 g/mol. The molecule has 1 aromatic carbocycles. The van der Waals surface area contributed by atoms with Crippen molar-refractivity contribution < 1.29 is 4.42 Å². The average Bonchev–Trinajstić information content (AvgIpc) is 2.70. The molecule has 0 spiro atoms. The van der Waals surface area contributed by atoms with Gasteiger partial charge in [0.05, 0.1) is 12.1 Å². The summed E-state index contributed by atoms with van der Waals surface area (Å²) < 4.78 is 5.80. The normalized spacial score (nSPS) is 11.1. The molecule has 0 aliphatic rings. The minimum absolute atomic E-state index is 0.211. The van der Waals surface area contributed by atoms with Gasteiger partial charge in [0.1, 0.15) is 11.3 Å². The Morgan fingerprint density at radius 2 is 2.16 bits per heavy atom. The van der Waals surface area contributed by atoms with E-state index in [4.69, 9.17) is 16.0 Å². The molecule has 0 aliphatic heterocycles. The van der Waals surface area contributed by atoms with Gasteiger partial charge >= 0.3 is 0 Å². The first-order valence-electron chi connectivity index (χ1n) is 5.85. The number of rotatable bonds is 2. The first kappa shape index (κ1) is 12.0. The van der Waals surface area contributed by atoms with E-state index in [1.807, 2.05) is 19.1 Å². The van der Waals surface area contributed by atoms with E-state index in [-0.39, 0.29) is 5.56 Å². The molecule has 0 amide bonds. The van der Waals surface area contributed by atoms with E-state index in [1.54, 1.807) is 12.1 Å². The number of fused-ring (bicyclic) bond motifs is 1. The molecule has 0 atom stereocenters. The Labute approximate surface area is 114 Å². The van der Waals surface area contributed by atoms with Gasteiger partial charge in [0, 0.05) is 16.5 Å². The van der Waals surface area contributed by atoms with Crippen LogP contribution in [0.25, 0.3) is 11.0 Å². The highest BCUT2D eigenvalue weighted by atomic mass is 35.5. The second kappa shape index (κ2) is 4.55. The fraction of sp³-hybridized carbons (Fsp3) is 0.143. The van der Waals surface area contributed by atoms with Gasteiger partial charge in [0.2, 0.25) is 0 Å². The first-order chi connectivity index (χ1) is 9.13. The zero-order chi connectivity index (χ0) is 13.4. The summed E-state index contributed by atoms with van der Waals surface area (Å²) in [7, 11) is 0. The van der Waals surface area contributed by atoms with Crippen molar-refractivity contribution in [1.29, 1.82) is 0 Å². The van der Waals surface area contributed by atoms with E-state index < -0.39 is 0 Å². The molecular weight excluding hydrogens is 264 g/mol. The maximum absolute atomic E-state index is 11.0. The number of aromatic nitrogens is 2. The van der Waals surface area contributed by atoms with Crippen LogP contribution in [0.3, 0.4) is 0 Å². The predicted molar refractivity (Wildman–Crippen MR) is 73.6 cm³/mol. The minimum Gasteiger partial charge on any atom is -0.460 e. The Morgan fingerprint density at radius 1 is 1.32 bits per heavy atom. The first-order valence-corrected chi connectivity index (χ1v) is 6.23. The van der Waals surface area contributed by atoms with Crippen molar-refractivity contribution >= 4 is 22.6 Å². The Balaban J connectivity index is 2.03. The molecule has 3 rings (SSSR count). The Bertz CT molecular complexity index is 784. The van der Waals surface area contributed by atoms with Gasteiger partial charge in [0.25, 0.3) is 5.56 Å². The zero-order valence-electron chi connectivity index (χ0n) is 10.2. The van der Waals surface area contributed by atoms with Gasteiger partial charge in [0.15, 0.2) is 0 Å². The third kappa shape index (κ3) is 2.27. The lowest BCUT2D eigenvalue weighted by atomic mass is 10.1. The Morgan fingerprint density at radius 3 is 2.89 bits per heavy atom. The number of furan rings is 1. The van der Waals surface area contributed by atoms with Crippen LogP contribution in [0.15, 0.2) is 39.5 Å². The molecule has 5 heteroatoms. The Hall–Kier alpha value is -2.07. The number of H-pyrrole nitrogens is 1. The predicted octanol–water partition coefficient (Wildman–Crippen LogP) is 3.07. The van der Waals surface area contributed by atoms with E-state index in [1.165, 1.54) is 6.07 Å². The van der Waals surface area contributed by atoms with E-state index >= 15 is 0 Å². The van der Waals surface area contributed by atoms with Crippen molar-refractivity contribution in [2.75, 3.05) is 0 Å². The van der Waals surface area contributed by atoms with Crippen molar-refractivity contribution in [2.45, 2.75) is 13.3 Å². The third-order valence-electron chi connectivity index (χ3n) is 3.08. The van der Waals surface area contributed by atoms with Gasteiger partial charge < -0.3 is 4.42 Å². The van der Waals surface area contributed by atoms with Crippen LogP contribution in [0.4, 0.5) is 0 Å². The molecule has 0 saturated heterocycles. The lowest BCUT2D eigenvalue weighted by Crippen LogP contribution is -2.07. The van der Waals surface area contributed by atoms with Crippen molar-refractivity contribution in [3.63, 3.8) is 0 Å². The summed E-state index contributed by atoms with van der Waals surface area (Å²) in [6, 6.07) is 8.69. The van der Waals surface area contributed by atoms with Gasteiger partial charge in [-0.2, -0.15) is 5.10 Å². The van der Waals surface area contributed by atoms with Crippen LogP contribution in [0.5, 0.6) is 0 Å². The van der Waals surface area contributed by atoms with Crippen molar-refractivity contribution in [3.05, 3.63) is 62.7 Å². The summed E-state index contributed by atoms with van der Waals surface area (Å²) >= 11 is 5.98. The number of nitrogens with one attached hydrogen (secondary N) is 1. The topological polar surface area (TPSA) is 58.9 Å². The number of benzene rings is 1. The summed E-state index contributed by atoms with van der Waals surface area (Å²) in [5, 5.41) is 8.08. The van der Waals surface area contributed by atoms with Gasteiger partial charge in [-0.15, -0.1) is 0 Å². The maximum atomic E-state index is 11.0. The SMILES string of the molecule is Cc1c(Cc2ccc(=O)[nH]n2)oc2ccc(Cl)cc12. The van der Waals surface area contributed by atoms with Crippen LogP contribution in [0.2, 0.25) is 5.02 Å². The van der Waals surface area contributed by atoms with Gasteiger partial charge in [-0.05, 0) is 36.8 Å². The molecule has 0 fully saturated rings. The zero-order valence-corrected chi connectivity index (χ0v) is 11.0. The lowest BCUT2D eigenvalue weighted by molar-refractivity contribution is 0.555. The fourth-order valence-corrected chi connectivity index (χ4v) is 2.22. The number of halogens is 1. The summed E-state index contributed by atoms with van der Waals surface area (Å²) in [6.45, 7) is 1.99. The highest BCUT2D eigenvalue weighted by Gasteiger charge is 2.12. The summed E-state index contributed by atoms with van der Waals surface area (Å²) in [4.78, 5) is 11.0. The van der Waals surface area contributed by atoms with E-state index in [0.29, 0.717) is 11.4 Å². The van der Waals surface area contributed by atoms with Crippen molar-refractivity contribution in [3.8, 4) is 0 Å². The van der Waals surface area contributed by atoms with Crippen LogP contribution in [-0.4, -0.2) is 10.2 Å². The minimum atomic E-state index is -0.211. The Kier molecular flexibility index (Phi) is 2.87. The fourth-order valence-electron chi connectivity index (χ4n) is 2.05. The van der Waals surface area contributed by atoms with Gasteiger partial charge in [-0.3, -0.25) is 4.79 Å². The summed E-state index contributed by atoms with van der Waals surface area (Å²) in [5.41, 5.74) is 2.40. The standard InChI is InChI=1S/C14H11ClN2O2/c1-8-11-6-9(15)2-4-12(11)19-13(8)7-10-3-5-14(18)17-16-10/h2-6H,7H2,1H3,(H,17,18). The summed E-state index contributed by atoms with van der Waals surface area (Å²) in [5.74, 6) is 0.830. The lowest BCUT2D eigenvalue weighted by Gasteiger charge is -1.97. The molecule has 2 aromatic heterocycles. The number of nitrogens with zero attached hydrogens (tertiary/aromatic N) is 1. The van der Waals surface area contributed by atoms with Crippen LogP contribution in [-0.2, 0) is 6.42 Å². The van der Waals surface area contributed by atoms with Crippen molar-refractivity contribution in [1.82, 2.24) is 10.2 Å². The monoisotopic (exact) mass is 274 g/mol. The second-order valence-corrected chi connectivity index (χ2v) is 4.82.